The number of aliphatic imine (C=N–C) groups is 1. The van der Waals surface area contributed by atoms with Crippen LogP contribution in [0.3, 0.4) is 0 Å². The Balaban J connectivity index is 1.64. The summed E-state index contributed by atoms with van der Waals surface area (Å²) in [7, 11) is 0. The fraction of sp³-hybridized carbons (Fsp3) is 0.194. The summed E-state index contributed by atoms with van der Waals surface area (Å²) in [6.45, 7) is 6.87. The number of allylic oxidation sites excluding steroid dienone is 2. The summed E-state index contributed by atoms with van der Waals surface area (Å²) in [5.74, 6) is 0.804. The van der Waals surface area contributed by atoms with Crippen molar-refractivity contribution in [3.63, 3.8) is 0 Å². The van der Waals surface area contributed by atoms with Crippen molar-refractivity contribution in [2.45, 2.75) is 38.5 Å². The van der Waals surface area contributed by atoms with Gasteiger partial charge in [0.1, 0.15) is 0 Å². The average molecular weight is 412 g/mol. The topological polar surface area (TPSA) is 12.4 Å². The van der Waals surface area contributed by atoms with Gasteiger partial charge >= 0.3 is 0 Å². The lowest BCUT2D eigenvalue weighted by atomic mass is 9.65. The lowest BCUT2D eigenvalue weighted by molar-refractivity contribution is 0.895. The lowest BCUT2D eigenvalue weighted by Crippen LogP contribution is -2.28. The normalized spacial score (nSPS) is 22.0. The second-order valence-corrected chi connectivity index (χ2v) is 9.65. The molecule has 1 heteroatoms. The zero-order valence-electron chi connectivity index (χ0n) is 18.7. The molecule has 1 nitrogen and oxygen atoms in total. The molecule has 0 radical (unpaired) electrons. The zero-order chi connectivity index (χ0) is 21.6. The highest BCUT2D eigenvalue weighted by molar-refractivity contribution is 6.15. The molecule has 0 N–H and O–H groups in total. The van der Waals surface area contributed by atoms with Crippen LogP contribution in [0, 0.1) is 20.8 Å². The summed E-state index contributed by atoms with van der Waals surface area (Å²) in [5.41, 5.74) is 13.8. The largest absolute Gasteiger partial charge is 0.256 e. The van der Waals surface area contributed by atoms with E-state index in [0.29, 0.717) is 5.92 Å². The van der Waals surface area contributed by atoms with Crippen molar-refractivity contribution in [2.24, 2.45) is 4.99 Å². The van der Waals surface area contributed by atoms with Gasteiger partial charge in [-0.05, 0) is 82.1 Å². The Morgan fingerprint density at radius 1 is 0.625 bits per heavy atom. The van der Waals surface area contributed by atoms with Gasteiger partial charge in [-0.25, -0.2) is 0 Å². The lowest BCUT2D eigenvalue weighted by Gasteiger charge is -2.37. The van der Waals surface area contributed by atoms with E-state index in [4.69, 9.17) is 4.99 Å². The minimum atomic E-state index is 0.249. The Morgan fingerprint density at radius 3 is 2.19 bits per heavy atom. The number of rotatable bonds is 1. The highest BCUT2D eigenvalue weighted by Crippen LogP contribution is 2.56. The van der Waals surface area contributed by atoms with Gasteiger partial charge in [-0.3, -0.25) is 4.99 Å². The molecular formula is C31H25N. The Morgan fingerprint density at radius 2 is 1.34 bits per heavy atom. The summed E-state index contributed by atoms with van der Waals surface area (Å²) in [6, 6.07) is 24.5. The van der Waals surface area contributed by atoms with Gasteiger partial charge in [-0.2, -0.15) is 0 Å². The molecule has 3 aliphatic rings. The molecule has 0 amide bonds. The Bertz CT molecular complexity index is 1500. The second-order valence-electron chi connectivity index (χ2n) is 9.65. The molecule has 3 unspecified atom stereocenters. The maximum Gasteiger partial charge on any atom is 0.0671 e. The van der Waals surface area contributed by atoms with Gasteiger partial charge in [0, 0.05) is 17.5 Å². The van der Waals surface area contributed by atoms with Crippen LogP contribution in [0.15, 0.2) is 83.9 Å². The van der Waals surface area contributed by atoms with Gasteiger partial charge in [0.25, 0.3) is 0 Å². The molecule has 0 fully saturated rings. The van der Waals surface area contributed by atoms with Crippen molar-refractivity contribution in [3.05, 3.63) is 123 Å². The first kappa shape index (κ1) is 18.2. The van der Waals surface area contributed by atoms with Crippen molar-refractivity contribution in [1.29, 1.82) is 0 Å². The molecule has 1 aliphatic heterocycles. The molecule has 0 saturated carbocycles. The summed E-state index contributed by atoms with van der Waals surface area (Å²) >= 11 is 0. The number of benzene rings is 4. The Hall–Kier alpha value is -3.45. The zero-order valence-corrected chi connectivity index (χ0v) is 18.7. The van der Waals surface area contributed by atoms with Crippen LogP contribution in [-0.2, 0) is 0 Å². The molecule has 1 heterocycles. The molecule has 7 rings (SSSR count). The van der Waals surface area contributed by atoms with Crippen molar-refractivity contribution in [1.82, 2.24) is 0 Å². The van der Waals surface area contributed by atoms with E-state index in [2.05, 4.69) is 99.7 Å². The molecule has 3 atom stereocenters. The Labute approximate surface area is 189 Å². The molecule has 0 spiro atoms. The van der Waals surface area contributed by atoms with E-state index in [0.717, 1.165) is 5.69 Å². The number of hydrogen-bond donors (Lipinski definition) is 0. The van der Waals surface area contributed by atoms with E-state index in [1.54, 1.807) is 0 Å². The standard InChI is InChI=1S/C31H25N/c1-17-15-18(2)27-29-22-11-7-8-12-25(22)32-31(29)23-14-13-21(20-9-5-4-6-10-20)24-16-19(3)26(17)30(27)28(23)24/h4-16,21,23,29H,1-3H3. The summed E-state index contributed by atoms with van der Waals surface area (Å²) < 4.78 is 0. The van der Waals surface area contributed by atoms with Crippen LogP contribution in [0.25, 0.3) is 10.8 Å². The maximum absolute atomic E-state index is 5.24. The van der Waals surface area contributed by atoms with Crippen LogP contribution in [0.5, 0.6) is 0 Å². The van der Waals surface area contributed by atoms with Crippen LogP contribution < -0.4 is 0 Å². The minimum absolute atomic E-state index is 0.249. The van der Waals surface area contributed by atoms with E-state index in [-0.39, 0.29) is 11.8 Å². The number of aryl methyl sites for hydroxylation is 3. The van der Waals surface area contributed by atoms with Crippen LogP contribution in [-0.4, -0.2) is 5.71 Å². The number of fused-ring (bicyclic) bond motifs is 5. The minimum Gasteiger partial charge on any atom is -0.256 e. The first-order valence-corrected chi connectivity index (χ1v) is 11.6. The maximum atomic E-state index is 5.24. The number of hydrogen-bond acceptors (Lipinski definition) is 1. The molecule has 2 aliphatic carbocycles. The molecular weight excluding hydrogens is 386 g/mol. The van der Waals surface area contributed by atoms with Gasteiger partial charge in [0.2, 0.25) is 0 Å². The third kappa shape index (κ3) is 2.21. The predicted molar refractivity (Wildman–Crippen MR) is 134 cm³/mol. The van der Waals surface area contributed by atoms with Crippen molar-refractivity contribution in [2.75, 3.05) is 0 Å². The quantitative estimate of drug-likeness (QED) is 0.284. The molecule has 32 heavy (non-hydrogen) atoms. The van der Waals surface area contributed by atoms with Crippen molar-refractivity contribution >= 4 is 22.2 Å². The van der Waals surface area contributed by atoms with Crippen LogP contribution >= 0.6 is 0 Å². The fourth-order valence-electron chi connectivity index (χ4n) is 6.65. The van der Waals surface area contributed by atoms with Crippen LogP contribution in [0.4, 0.5) is 5.69 Å². The van der Waals surface area contributed by atoms with Crippen molar-refractivity contribution < 1.29 is 0 Å². The van der Waals surface area contributed by atoms with Gasteiger partial charge in [-0.15, -0.1) is 0 Å². The van der Waals surface area contributed by atoms with E-state index in [1.807, 2.05) is 0 Å². The van der Waals surface area contributed by atoms with E-state index >= 15 is 0 Å². The molecule has 154 valence electrons. The molecule has 0 aromatic heterocycles. The SMILES string of the molecule is Cc1cc(C)c2c(C)cc3c4c2c1C1C(=Nc2ccccc21)C4C=CC3c1ccccc1. The molecule has 0 bridgehead atoms. The highest BCUT2D eigenvalue weighted by atomic mass is 14.8. The van der Waals surface area contributed by atoms with Gasteiger partial charge in [0.05, 0.1) is 11.6 Å². The molecule has 4 aromatic rings. The summed E-state index contributed by atoms with van der Waals surface area (Å²) in [5, 5.41) is 2.94. The molecule has 4 aromatic carbocycles. The summed E-state index contributed by atoms with van der Waals surface area (Å²) in [6.07, 6.45) is 4.86. The number of nitrogens with zero attached hydrogens (tertiary/aromatic N) is 1. The smallest absolute Gasteiger partial charge is 0.0671 e. The average Bonchev–Trinajstić information content (AvgIpc) is 3.19. The Kier molecular flexibility index (Phi) is 3.57. The highest BCUT2D eigenvalue weighted by Gasteiger charge is 2.43. The first-order chi connectivity index (χ1) is 15.6. The van der Waals surface area contributed by atoms with Crippen molar-refractivity contribution in [3.8, 4) is 0 Å². The monoisotopic (exact) mass is 411 g/mol. The van der Waals surface area contributed by atoms with Gasteiger partial charge in [-0.1, -0.05) is 72.8 Å². The third-order valence-electron chi connectivity index (χ3n) is 7.82. The van der Waals surface area contributed by atoms with Gasteiger partial charge in [0.15, 0.2) is 0 Å². The van der Waals surface area contributed by atoms with Gasteiger partial charge < -0.3 is 0 Å². The third-order valence-corrected chi connectivity index (χ3v) is 7.82. The fourth-order valence-corrected chi connectivity index (χ4v) is 6.65. The van der Waals surface area contributed by atoms with Crippen LogP contribution in [0.2, 0.25) is 0 Å². The van der Waals surface area contributed by atoms with E-state index in [9.17, 15) is 0 Å². The van der Waals surface area contributed by atoms with E-state index < -0.39 is 0 Å². The predicted octanol–water partition coefficient (Wildman–Crippen LogP) is 7.78. The number of para-hydroxylation sites is 1. The second kappa shape index (κ2) is 6.29. The first-order valence-electron chi connectivity index (χ1n) is 11.6. The summed E-state index contributed by atoms with van der Waals surface area (Å²) in [4.78, 5) is 5.24. The van der Waals surface area contributed by atoms with E-state index in [1.165, 1.54) is 61.0 Å². The van der Waals surface area contributed by atoms with Crippen LogP contribution in [0.1, 0.15) is 62.3 Å². The molecule has 0 saturated heterocycles.